The van der Waals surface area contributed by atoms with E-state index >= 15 is 0 Å². The van der Waals surface area contributed by atoms with Crippen LogP contribution in [0.5, 0.6) is 5.75 Å². The molecule has 82 valence electrons. The second kappa shape index (κ2) is 5.80. The predicted octanol–water partition coefficient (Wildman–Crippen LogP) is 2.25. The van der Waals surface area contributed by atoms with Gasteiger partial charge in [-0.15, -0.1) is 0 Å². The highest BCUT2D eigenvalue weighted by Gasteiger charge is 2.22. The first-order chi connectivity index (χ1) is 7.09. The van der Waals surface area contributed by atoms with E-state index in [4.69, 9.17) is 33.0 Å². The van der Waals surface area contributed by atoms with Crippen molar-refractivity contribution in [2.45, 2.75) is 11.3 Å². The Morgan fingerprint density at radius 3 is 2.33 bits per heavy atom. The van der Waals surface area contributed by atoms with E-state index in [1.807, 2.05) is 0 Å². The van der Waals surface area contributed by atoms with Crippen molar-refractivity contribution in [3.63, 3.8) is 0 Å². The van der Waals surface area contributed by atoms with Crippen LogP contribution in [-0.2, 0) is 9.53 Å². The first kappa shape index (κ1) is 12.1. The zero-order valence-corrected chi connectivity index (χ0v) is 8.98. The van der Waals surface area contributed by atoms with Crippen molar-refractivity contribution >= 4 is 29.2 Å². The van der Waals surface area contributed by atoms with E-state index in [1.54, 1.807) is 30.3 Å². The fourth-order valence-corrected chi connectivity index (χ4v) is 1.04. The molecule has 0 aliphatic rings. The Morgan fingerprint density at radius 1 is 1.27 bits per heavy atom. The summed E-state index contributed by atoms with van der Waals surface area (Å²) in [6.07, 6.45) is -1.52. The van der Waals surface area contributed by atoms with E-state index in [0.717, 1.165) is 0 Å². The minimum atomic E-state index is -1.52. The number of benzene rings is 1. The second-order valence-electron chi connectivity index (χ2n) is 2.50. The van der Waals surface area contributed by atoms with Crippen LogP contribution in [0.25, 0.3) is 0 Å². The van der Waals surface area contributed by atoms with Gasteiger partial charge in [-0.1, -0.05) is 41.4 Å². The van der Waals surface area contributed by atoms with E-state index in [9.17, 15) is 4.79 Å². The number of halogens is 2. The number of aliphatic carboxylic acids is 1. The lowest BCUT2D eigenvalue weighted by atomic mass is 10.3. The molecule has 1 aromatic rings. The van der Waals surface area contributed by atoms with Crippen LogP contribution in [0.4, 0.5) is 0 Å². The number of rotatable bonds is 5. The summed E-state index contributed by atoms with van der Waals surface area (Å²) < 4.78 is 9.62. The van der Waals surface area contributed by atoms with Gasteiger partial charge in [-0.25, -0.2) is 4.79 Å². The van der Waals surface area contributed by atoms with Gasteiger partial charge in [-0.05, 0) is 12.1 Å². The van der Waals surface area contributed by atoms with Gasteiger partial charge in [0.05, 0.1) is 0 Å². The van der Waals surface area contributed by atoms with E-state index in [1.165, 1.54) is 0 Å². The smallest absolute Gasteiger partial charge is 0.374 e. The lowest BCUT2D eigenvalue weighted by Crippen LogP contribution is -2.31. The van der Waals surface area contributed by atoms with Crippen LogP contribution in [0.1, 0.15) is 0 Å². The third kappa shape index (κ3) is 4.38. The SMILES string of the molecule is O=C(O)C(Oc1ccccc1)OC(Cl)Cl. The molecule has 1 rings (SSSR count). The largest absolute Gasteiger partial charge is 0.477 e. The Kier molecular flexibility index (Phi) is 4.68. The highest BCUT2D eigenvalue weighted by molar-refractivity contribution is 6.43. The normalized spacial score (nSPS) is 12.5. The zero-order valence-electron chi connectivity index (χ0n) is 7.47. The molecular weight excluding hydrogens is 243 g/mol. The summed E-state index contributed by atoms with van der Waals surface area (Å²) in [5.74, 6) is -0.941. The molecule has 0 amide bonds. The standard InChI is InChI=1S/C9H8Cl2O4/c10-9(11)15-8(7(12)13)14-6-4-2-1-3-5-6/h1-5,8-9H,(H,12,13). The molecule has 0 aromatic heterocycles. The first-order valence-electron chi connectivity index (χ1n) is 3.97. The van der Waals surface area contributed by atoms with Crippen LogP contribution in [0, 0.1) is 0 Å². The van der Waals surface area contributed by atoms with Crippen LogP contribution in [0.15, 0.2) is 30.3 Å². The maximum atomic E-state index is 10.7. The van der Waals surface area contributed by atoms with Gasteiger partial charge in [-0.2, -0.15) is 0 Å². The molecule has 1 unspecified atom stereocenters. The summed E-state index contributed by atoms with van der Waals surface area (Å²) in [7, 11) is 0. The molecule has 0 fully saturated rings. The third-order valence-electron chi connectivity index (χ3n) is 1.41. The Morgan fingerprint density at radius 2 is 1.87 bits per heavy atom. The van der Waals surface area contributed by atoms with Crippen molar-refractivity contribution < 1.29 is 19.4 Å². The quantitative estimate of drug-likeness (QED) is 0.644. The molecule has 0 saturated heterocycles. The van der Waals surface area contributed by atoms with Crippen LogP contribution in [-0.4, -0.2) is 22.4 Å². The number of para-hydroxylation sites is 1. The third-order valence-corrected chi connectivity index (χ3v) is 1.62. The molecule has 1 aromatic carbocycles. The molecule has 1 N–H and O–H groups in total. The maximum Gasteiger partial charge on any atom is 0.374 e. The molecule has 0 saturated carbocycles. The van der Waals surface area contributed by atoms with E-state index in [0.29, 0.717) is 5.75 Å². The van der Waals surface area contributed by atoms with Gasteiger partial charge in [0.2, 0.25) is 5.02 Å². The lowest BCUT2D eigenvalue weighted by molar-refractivity contribution is -0.169. The molecule has 0 radical (unpaired) electrons. The van der Waals surface area contributed by atoms with Gasteiger partial charge >= 0.3 is 12.3 Å². The maximum absolute atomic E-state index is 10.7. The second-order valence-corrected chi connectivity index (χ2v) is 3.51. The number of carboxylic acid groups (broad SMARTS) is 1. The fourth-order valence-electron chi connectivity index (χ4n) is 0.852. The van der Waals surface area contributed by atoms with Crippen molar-refractivity contribution in [1.82, 2.24) is 0 Å². The molecule has 4 nitrogen and oxygen atoms in total. The van der Waals surface area contributed by atoms with Crippen molar-refractivity contribution in [1.29, 1.82) is 0 Å². The molecule has 0 heterocycles. The van der Waals surface area contributed by atoms with Crippen LogP contribution in [0.3, 0.4) is 0 Å². The minimum Gasteiger partial charge on any atom is -0.477 e. The molecule has 0 aliphatic carbocycles. The Balaban J connectivity index is 2.63. The number of ether oxygens (including phenoxy) is 2. The van der Waals surface area contributed by atoms with Crippen LogP contribution < -0.4 is 4.74 Å². The van der Waals surface area contributed by atoms with E-state index < -0.39 is 17.3 Å². The number of hydrogen-bond acceptors (Lipinski definition) is 3. The van der Waals surface area contributed by atoms with E-state index in [2.05, 4.69) is 4.74 Å². The molecular formula is C9H8Cl2O4. The summed E-state index contributed by atoms with van der Waals surface area (Å²) in [6, 6.07) is 8.36. The highest BCUT2D eigenvalue weighted by atomic mass is 35.5. The van der Waals surface area contributed by atoms with Gasteiger partial charge < -0.3 is 9.84 Å². The van der Waals surface area contributed by atoms with Crippen molar-refractivity contribution in [3.8, 4) is 5.75 Å². The average Bonchev–Trinajstić information content (AvgIpc) is 2.17. The van der Waals surface area contributed by atoms with Crippen molar-refractivity contribution in [2.75, 3.05) is 0 Å². The molecule has 0 bridgehead atoms. The fraction of sp³-hybridized carbons (Fsp3) is 0.222. The van der Waals surface area contributed by atoms with Gasteiger partial charge in [0.15, 0.2) is 0 Å². The minimum absolute atomic E-state index is 0.360. The molecule has 0 spiro atoms. The number of alkyl halides is 2. The molecule has 0 aliphatic heterocycles. The summed E-state index contributed by atoms with van der Waals surface area (Å²) in [5, 5.41) is 7.46. The van der Waals surface area contributed by atoms with Crippen LogP contribution >= 0.6 is 23.2 Å². The van der Waals surface area contributed by atoms with Crippen LogP contribution in [0.2, 0.25) is 0 Å². The molecule has 15 heavy (non-hydrogen) atoms. The Labute approximate surface area is 96.3 Å². The molecule has 6 heteroatoms. The van der Waals surface area contributed by atoms with Crippen molar-refractivity contribution in [2.24, 2.45) is 0 Å². The number of hydrogen-bond donors (Lipinski definition) is 1. The summed E-state index contributed by atoms with van der Waals surface area (Å²) in [4.78, 5) is 10.7. The Hall–Kier alpha value is -0.970. The monoisotopic (exact) mass is 250 g/mol. The number of carboxylic acids is 1. The van der Waals surface area contributed by atoms with E-state index in [-0.39, 0.29) is 0 Å². The summed E-state index contributed by atoms with van der Waals surface area (Å²) in [5.41, 5.74) is 0. The zero-order chi connectivity index (χ0) is 11.3. The van der Waals surface area contributed by atoms with Crippen molar-refractivity contribution in [3.05, 3.63) is 30.3 Å². The number of carbonyl (C=O) groups is 1. The predicted molar refractivity (Wildman–Crippen MR) is 55.1 cm³/mol. The first-order valence-corrected chi connectivity index (χ1v) is 4.85. The van der Waals surface area contributed by atoms with Gasteiger partial charge in [-0.3, -0.25) is 4.74 Å². The lowest BCUT2D eigenvalue weighted by Gasteiger charge is -2.15. The van der Waals surface area contributed by atoms with Gasteiger partial charge in [0, 0.05) is 0 Å². The van der Waals surface area contributed by atoms with Gasteiger partial charge in [0.1, 0.15) is 5.75 Å². The van der Waals surface area contributed by atoms with Gasteiger partial charge in [0.25, 0.3) is 0 Å². The highest BCUT2D eigenvalue weighted by Crippen LogP contribution is 2.14. The summed E-state index contributed by atoms with van der Waals surface area (Å²) in [6.45, 7) is 0. The average molecular weight is 251 g/mol. The molecule has 1 atom stereocenters. The Bertz CT molecular complexity index is 315. The summed E-state index contributed by atoms with van der Waals surface area (Å²) >= 11 is 10.6. The topological polar surface area (TPSA) is 55.8 Å².